The zero-order valence-electron chi connectivity index (χ0n) is 8.41. The van der Waals surface area contributed by atoms with Gasteiger partial charge in [-0.25, -0.2) is 9.97 Å². The molecule has 6 heteroatoms. The molecule has 1 saturated heterocycles. The highest BCUT2D eigenvalue weighted by Crippen LogP contribution is 2.35. The SMILES string of the molecule is C=CC1CN(c2nccnc2C(F)(F)F)C1. The first kappa shape index (κ1) is 10.9. The van der Waals surface area contributed by atoms with E-state index in [-0.39, 0.29) is 11.7 Å². The molecule has 0 bridgehead atoms. The number of alkyl halides is 3. The summed E-state index contributed by atoms with van der Waals surface area (Å²) in [6.45, 7) is 4.64. The molecule has 0 atom stereocenters. The van der Waals surface area contributed by atoms with Crippen LogP contribution in [0.15, 0.2) is 25.0 Å². The molecule has 0 radical (unpaired) electrons. The van der Waals surface area contributed by atoms with E-state index in [1.54, 1.807) is 11.0 Å². The average molecular weight is 229 g/mol. The minimum atomic E-state index is -4.46. The molecule has 0 unspecified atom stereocenters. The van der Waals surface area contributed by atoms with E-state index in [4.69, 9.17) is 0 Å². The third-order valence-corrected chi connectivity index (χ3v) is 2.49. The summed E-state index contributed by atoms with van der Waals surface area (Å²) in [5.41, 5.74) is -0.919. The van der Waals surface area contributed by atoms with Gasteiger partial charge in [0.05, 0.1) is 0 Å². The first-order valence-electron chi connectivity index (χ1n) is 4.78. The quantitative estimate of drug-likeness (QED) is 0.727. The second-order valence-corrected chi connectivity index (χ2v) is 3.63. The Kier molecular flexibility index (Phi) is 2.57. The summed E-state index contributed by atoms with van der Waals surface area (Å²) in [5.74, 6) is 0.149. The van der Waals surface area contributed by atoms with Crippen molar-refractivity contribution in [2.24, 2.45) is 5.92 Å². The van der Waals surface area contributed by atoms with E-state index in [0.29, 0.717) is 13.1 Å². The van der Waals surface area contributed by atoms with Crippen molar-refractivity contribution < 1.29 is 13.2 Å². The third kappa shape index (κ3) is 1.87. The fraction of sp³-hybridized carbons (Fsp3) is 0.400. The Labute approximate surface area is 90.6 Å². The molecule has 1 aliphatic heterocycles. The Morgan fingerprint density at radius 1 is 1.31 bits per heavy atom. The van der Waals surface area contributed by atoms with Crippen LogP contribution < -0.4 is 4.90 Å². The van der Waals surface area contributed by atoms with Crippen molar-refractivity contribution in [1.29, 1.82) is 0 Å². The minimum absolute atomic E-state index is 0.0897. The number of nitrogens with zero attached hydrogens (tertiary/aromatic N) is 3. The largest absolute Gasteiger partial charge is 0.437 e. The van der Waals surface area contributed by atoms with Crippen LogP contribution in [0.1, 0.15) is 5.69 Å². The average Bonchev–Trinajstić information content (AvgIpc) is 2.15. The lowest BCUT2D eigenvalue weighted by Crippen LogP contribution is -2.47. The lowest BCUT2D eigenvalue weighted by molar-refractivity contribution is -0.141. The van der Waals surface area contributed by atoms with Crippen LogP contribution in [0.4, 0.5) is 19.0 Å². The molecule has 0 saturated carbocycles. The second kappa shape index (κ2) is 3.77. The van der Waals surface area contributed by atoms with Crippen LogP contribution in [-0.2, 0) is 6.18 Å². The lowest BCUT2D eigenvalue weighted by Gasteiger charge is -2.39. The molecule has 3 nitrogen and oxygen atoms in total. The molecular weight excluding hydrogens is 219 g/mol. The molecule has 1 aliphatic rings. The van der Waals surface area contributed by atoms with E-state index in [1.165, 1.54) is 6.20 Å². The Balaban J connectivity index is 2.25. The fourth-order valence-electron chi connectivity index (χ4n) is 1.60. The van der Waals surface area contributed by atoms with Crippen molar-refractivity contribution in [2.75, 3.05) is 18.0 Å². The summed E-state index contributed by atoms with van der Waals surface area (Å²) in [6.07, 6.45) is -0.397. The van der Waals surface area contributed by atoms with Gasteiger partial charge >= 0.3 is 6.18 Å². The van der Waals surface area contributed by atoms with Gasteiger partial charge < -0.3 is 4.90 Å². The van der Waals surface area contributed by atoms with E-state index in [1.807, 2.05) is 0 Å². The Hall–Kier alpha value is -1.59. The molecule has 0 spiro atoms. The van der Waals surface area contributed by atoms with Gasteiger partial charge in [-0.15, -0.1) is 6.58 Å². The third-order valence-electron chi connectivity index (χ3n) is 2.49. The van der Waals surface area contributed by atoms with E-state index in [2.05, 4.69) is 16.5 Å². The summed E-state index contributed by atoms with van der Waals surface area (Å²) in [5, 5.41) is 0. The topological polar surface area (TPSA) is 29.0 Å². The molecule has 0 aromatic carbocycles. The normalized spacial score (nSPS) is 17.1. The Morgan fingerprint density at radius 2 is 1.94 bits per heavy atom. The molecule has 16 heavy (non-hydrogen) atoms. The standard InChI is InChI=1S/C10H10F3N3/c1-2-7-5-16(6-7)9-8(10(11,12)13)14-3-4-15-9/h2-4,7H,1,5-6H2. The van der Waals surface area contributed by atoms with Crippen molar-refractivity contribution in [1.82, 2.24) is 9.97 Å². The first-order valence-corrected chi connectivity index (χ1v) is 4.78. The maximum Gasteiger partial charge on any atom is 0.437 e. The molecule has 86 valence electrons. The van der Waals surface area contributed by atoms with Crippen molar-refractivity contribution in [3.8, 4) is 0 Å². The first-order chi connectivity index (χ1) is 7.52. The van der Waals surface area contributed by atoms with Gasteiger partial charge in [-0.05, 0) is 0 Å². The zero-order chi connectivity index (χ0) is 11.8. The van der Waals surface area contributed by atoms with Crippen LogP contribution in [0.25, 0.3) is 0 Å². The van der Waals surface area contributed by atoms with Gasteiger partial charge in [-0.2, -0.15) is 13.2 Å². The number of rotatable bonds is 2. The zero-order valence-corrected chi connectivity index (χ0v) is 8.41. The van der Waals surface area contributed by atoms with E-state index < -0.39 is 11.9 Å². The van der Waals surface area contributed by atoms with Crippen LogP contribution in [0, 0.1) is 5.92 Å². The lowest BCUT2D eigenvalue weighted by atomic mass is 10.0. The van der Waals surface area contributed by atoms with E-state index >= 15 is 0 Å². The van der Waals surface area contributed by atoms with Gasteiger partial charge in [0.25, 0.3) is 0 Å². The van der Waals surface area contributed by atoms with Crippen LogP contribution >= 0.6 is 0 Å². The van der Waals surface area contributed by atoms with Gasteiger partial charge in [-0.3, -0.25) is 0 Å². The molecule has 2 heterocycles. The van der Waals surface area contributed by atoms with Crippen LogP contribution in [0.2, 0.25) is 0 Å². The second-order valence-electron chi connectivity index (χ2n) is 3.63. The van der Waals surface area contributed by atoms with Crippen molar-refractivity contribution in [3.05, 3.63) is 30.7 Å². The summed E-state index contributed by atoms with van der Waals surface area (Å²) >= 11 is 0. The molecule has 0 aliphatic carbocycles. The summed E-state index contributed by atoms with van der Waals surface area (Å²) < 4.78 is 37.8. The number of halogens is 3. The highest BCUT2D eigenvalue weighted by atomic mass is 19.4. The Bertz CT molecular complexity index is 397. The summed E-state index contributed by atoms with van der Waals surface area (Å²) in [4.78, 5) is 8.65. The monoisotopic (exact) mass is 229 g/mol. The highest BCUT2D eigenvalue weighted by molar-refractivity contribution is 5.47. The molecule has 2 rings (SSSR count). The summed E-state index contributed by atoms with van der Waals surface area (Å²) in [6, 6.07) is 0. The van der Waals surface area contributed by atoms with Gasteiger partial charge in [0.15, 0.2) is 11.5 Å². The molecule has 0 N–H and O–H groups in total. The number of aromatic nitrogens is 2. The molecule has 0 amide bonds. The van der Waals surface area contributed by atoms with Gasteiger partial charge in [-0.1, -0.05) is 6.08 Å². The van der Waals surface area contributed by atoms with E-state index in [0.717, 1.165) is 6.20 Å². The molecule has 1 aromatic rings. The molecule has 1 aromatic heterocycles. The minimum Gasteiger partial charge on any atom is -0.354 e. The van der Waals surface area contributed by atoms with Crippen LogP contribution in [0.3, 0.4) is 0 Å². The predicted molar refractivity (Wildman–Crippen MR) is 52.9 cm³/mol. The smallest absolute Gasteiger partial charge is 0.354 e. The maximum atomic E-state index is 12.6. The maximum absolute atomic E-state index is 12.6. The molecular formula is C10H10F3N3. The van der Waals surface area contributed by atoms with Crippen LogP contribution in [0.5, 0.6) is 0 Å². The summed E-state index contributed by atoms with van der Waals surface area (Å²) in [7, 11) is 0. The van der Waals surface area contributed by atoms with E-state index in [9.17, 15) is 13.2 Å². The van der Waals surface area contributed by atoms with Crippen LogP contribution in [-0.4, -0.2) is 23.1 Å². The number of hydrogen-bond donors (Lipinski definition) is 0. The van der Waals surface area contributed by atoms with Crippen molar-refractivity contribution in [2.45, 2.75) is 6.18 Å². The fourth-order valence-corrected chi connectivity index (χ4v) is 1.60. The Morgan fingerprint density at radius 3 is 2.50 bits per heavy atom. The number of anilines is 1. The van der Waals surface area contributed by atoms with Crippen molar-refractivity contribution >= 4 is 5.82 Å². The van der Waals surface area contributed by atoms with Gasteiger partial charge in [0.2, 0.25) is 0 Å². The van der Waals surface area contributed by atoms with Gasteiger partial charge in [0.1, 0.15) is 0 Å². The molecule has 1 fully saturated rings. The van der Waals surface area contributed by atoms with Crippen molar-refractivity contribution in [3.63, 3.8) is 0 Å². The van der Waals surface area contributed by atoms with Gasteiger partial charge in [0, 0.05) is 31.4 Å². The predicted octanol–water partition coefficient (Wildman–Crippen LogP) is 2.12. The highest BCUT2D eigenvalue weighted by Gasteiger charge is 2.39. The number of hydrogen-bond acceptors (Lipinski definition) is 3.